The molecule has 0 radical (unpaired) electrons. The van der Waals surface area contributed by atoms with Gasteiger partial charge in [0.05, 0.1) is 20.3 Å². The van der Waals surface area contributed by atoms with Crippen molar-refractivity contribution in [3.05, 3.63) is 17.8 Å². The van der Waals surface area contributed by atoms with Gasteiger partial charge < -0.3 is 19.7 Å². The highest BCUT2D eigenvalue weighted by Crippen LogP contribution is 2.04. The summed E-state index contributed by atoms with van der Waals surface area (Å²) in [5.74, 6) is 0.0684. The van der Waals surface area contributed by atoms with Crippen molar-refractivity contribution in [3.8, 4) is 0 Å². The molecule has 114 valence electrons. The van der Waals surface area contributed by atoms with Crippen LogP contribution in [-0.2, 0) is 14.3 Å². The van der Waals surface area contributed by atoms with E-state index in [0.717, 1.165) is 0 Å². The van der Waals surface area contributed by atoms with Crippen LogP contribution in [0.2, 0.25) is 0 Å². The number of hydrogen-bond donors (Lipinski definition) is 1. The molecule has 0 aromatic carbocycles. The summed E-state index contributed by atoms with van der Waals surface area (Å²) >= 11 is 0. The number of amides is 1. The smallest absolute Gasteiger partial charge is 0.358 e. The number of esters is 1. The Morgan fingerprint density at radius 1 is 1.33 bits per heavy atom. The van der Waals surface area contributed by atoms with Crippen LogP contribution >= 0.6 is 0 Å². The van der Waals surface area contributed by atoms with Crippen LogP contribution in [0, 0.1) is 0 Å². The van der Waals surface area contributed by atoms with Crippen molar-refractivity contribution in [2.24, 2.45) is 0 Å². The predicted molar refractivity (Wildman–Crippen MR) is 73.9 cm³/mol. The van der Waals surface area contributed by atoms with E-state index in [9.17, 15) is 9.59 Å². The fraction of sp³-hybridized carbons (Fsp3) is 0.538. The molecular weight excluding hydrogens is 276 g/mol. The third-order valence-electron chi connectivity index (χ3n) is 3.07. The van der Waals surface area contributed by atoms with E-state index in [0.29, 0.717) is 45.1 Å². The van der Waals surface area contributed by atoms with E-state index in [1.165, 1.54) is 13.2 Å². The number of nitrogens with one attached hydrogen (secondary N) is 1. The molecule has 1 aromatic rings. The van der Waals surface area contributed by atoms with E-state index in [1.807, 2.05) is 0 Å². The minimum atomic E-state index is -0.531. The molecule has 1 aliphatic heterocycles. The summed E-state index contributed by atoms with van der Waals surface area (Å²) in [6.07, 6.45) is 0.375. The highest BCUT2D eigenvalue weighted by molar-refractivity contribution is 5.86. The molecule has 0 spiro atoms. The molecule has 1 amide bonds. The normalized spacial score (nSPS) is 14.6. The molecule has 1 aromatic heterocycles. The van der Waals surface area contributed by atoms with Crippen molar-refractivity contribution in [1.29, 1.82) is 0 Å². The first kappa shape index (κ1) is 15.2. The Labute approximate surface area is 122 Å². The van der Waals surface area contributed by atoms with Gasteiger partial charge in [-0.15, -0.1) is 10.2 Å². The molecule has 2 heterocycles. The van der Waals surface area contributed by atoms with Crippen molar-refractivity contribution in [1.82, 2.24) is 15.1 Å². The average molecular weight is 294 g/mol. The fourth-order valence-corrected chi connectivity index (χ4v) is 1.91. The summed E-state index contributed by atoms with van der Waals surface area (Å²) in [6, 6.07) is 3.14. The summed E-state index contributed by atoms with van der Waals surface area (Å²) < 4.78 is 9.73. The first-order valence-electron chi connectivity index (χ1n) is 6.72. The number of anilines is 1. The van der Waals surface area contributed by atoms with Gasteiger partial charge in [0.2, 0.25) is 5.91 Å². The van der Waals surface area contributed by atoms with Gasteiger partial charge in [-0.25, -0.2) is 4.79 Å². The van der Waals surface area contributed by atoms with Gasteiger partial charge in [0.1, 0.15) is 5.82 Å². The second-order valence-electron chi connectivity index (χ2n) is 4.47. The number of hydrogen-bond acceptors (Lipinski definition) is 7. The molecule has 8 heteroatoms. The van der Waals surface area contributed by atoms with Gasteiger partial charge in [0, 0.05) is 26.1 Å². The molecular formula is C13H18N4O4. The summed E-state index contributed by atoms with van der Waals surface area (Å²) in [4.78, 5) is 24.9. The lowest BCUT2D eigenvalue weighted by Gasteiger charge is -2.26. The Balaban J connectivity index is 1.75. The predicted octanol–water partition coefficient (Wildman–Crippen LogP) is -0.0760. The number of morpholine rings is 1. The zero-order valence-corrected chi connectivity index (χ0v) is 11.9. The largest absolute Gasteiger partial charge is 0.464 e. The van der Waals surface area contributed by atoms with Crippen molar-refractivity contribution < 1.29 is 19.1 Å². The zero-order valence-electron chi connectivity index (χ0n) is 11.9. The van der Waals surface area contributed by atoms with Crippen molar-refractivity contribution in [3.63, 3.8) is 0 Å². The van der Waals surface area contributed by atoms with Gasteiger partial charge in [-0.2, -0.15) is 0 Å². The minimum Gasteiger partial charge on any atom is -0.464 e. The number of aromatic nitrogens is 2. The second-order valence-corrected chi connectivity index (χ2v) is 4.47. The third-order valence-corrected chi connectivity index (χ3v) is 3.07. The van der Waals surface area contributed by atoms with Crippen LogP contribution in [-0.4, -0.2) is 66.9 Å². The molecule has 1 N–H and O–H groups in total. The van der Waals surface area contributed by atoms with Gasteiger partial charge in [-0.05, 0) is 12.1 Å². The Hall–Kier alpha value is -2.22. The van der Waals surface area contributed by atoms with Crippen LogP contribution in [0.25, 0.3) is 0 Å². The van der Waals surface area contributed by atoms with Gasteiger partial charge in [-0.1, -0.05) is 0 Å². The van der Waals surface area contributed by atoms with Crippen LogP contribution in [0.15, 0.2) is 12.1 Å². The monoisotopic (exact) mass is 294 g/mol. The van der Waals surface area contributed by atoms with Crippen molar-refractivity contribution in [2.75, 3.05) is 45.3 Å². The standard InChI is InChI=1S/C13H18N4O4/c1-20-13(19)10-2-3-11(16-15-10)14-5-4-12(18)17-6-8-21-9-7-17/h2-3H,4-9H2,1H3,(H,14,16). The number of nitrogens with zero attached hydrogens (tertiary/aromatic N) is 3. The summed E-state index contributed by atoms with van der Waals surface area (Å²) in [6.45, 7) is 2.95. The van der Waals surface area contributed by atoms with Crippen LogP contribution in [0.1, 0.15) is 16.9 Å². The molecule has 0 bridgehead atoms. The maximum Gasteiger partial charge on any atom is 0.358 e. The number of ether oxygens (including phenoxy) is 2. The van der Waals surface area contributed by atoms with E-state index < -0.39 is 5.97 Å². The Morgan fingerprint density at radius 3 is 2.71 bits per heavy atom. The van der Waals surface area contributed by atoms with E-state index in [4.69, 9.17) is 4.74 Å². The number of methoxy groups -OCH3 is 1. The van der Waals surface area contributed by atoms with E-state index in [1.54, 1.807) is 11.0 Å². The third kappa shape index (κ3) is 4.38. The maximum atomic E-state index is 11.9. The SMILES string of the molecule is COC(=O)c1ccc(NCCC(=O)N2CCOCC2)nn1. The molecule has 1 fully saturated rings. The molecule has 0 unspecified atom stereocenters. The van der Waals surface area contributed by atoms with E-state index >= 15 is 0 Å². The van der Waals surface area contributed by atoms with E-state index in [2.05, 4.69) is 20.3 Å². The first-order valence-corrected chi connectivity index (χ1v) is 6.72. The van der Waals surface area contributed by atoms with Crippen LogP contribution in [0.3, 0.4) is 0 Å². The summed E-state index contributed by atoms with van der Waals surface area (Å²) in [7, 11) is 1.29. The maximum absolute atomic E-state index is 11.9. The highest BCUT2D eigenvalue weighted by Gasteiger charge is 2.16. The lowest BCUT2D eigenvalue weighted by Crippen LogP contribution is -2.41. The quantitative estimate of drug-likeness (QED) is 0.759. The number of rotatable bonds is 5. The van der Waals surface area contributed by atoms with Crippen LogP contribution in [0.5, 0.6) is 0 Å². The second kappa shape index (κ2) is 7.53. The van der Waals surface area contributed by atoms with Crippen LogP contribution in [0.4, 0.5) is 5.82 Å². The molecule has 0 saturated carbocycles. The molecule has 1 saturated heterocycles. The minimum absolute atomic E-state index is 0.0879. The van der Waals surface area contributed by atoms with E-state index in [-0.39, 0.29) is 11.6 Å². The topological polar surface area (TPSA) is 93.7 Å². The average Bonchev–Trinajstić information content (AvgIpc) is 2.55. The Morgan fingerprint density at radius 2 is 2.10 bits per heavy atom. The van der Waals surface area contributed by atoms with Gasteiger partial charge in [0.15, 0.2) is 5.69 Å². The van der Waals surface area contributed by atoms with Gasteiger partial charge in [0.25, 0.3) is 0 Å². The lowest BCUT2D eigenvalue weighted by atomic mass is 10.3. The van der Waals surface area contributed by atoms with Crippen molar-refractivity contribution >= 4 is 17.7 Å². The Bertz CT molecular complexity index is 485. The van der Waals surface area contributed by atoms with Gasteiger partial charge in [-0.3, -0.25) is 4.79 Å². The molecule has 0 atom stereocenters. The lowest BCUT2D eigenvalue weighted by molar-refractivity contribution is -0.134. The first-order chi connectivity index (χ1) is 10.2. The highest BCUT2D eigenvalue weighted by atomic mass is 16.5. The zero-order chi connectivity index (χ0) is 15.1. The fourth-order valence-electron chi connectivity index (χ4n) is 1.91. The van der Waals surface area contributed by atoms with Gasteiger partial charge >= 0.3 is 5.97 Å². The number of carbonyl (C=O) groups is 2. The molecule has 21 heavy (non-hydrogen) atoms. The Kier molecular flexibility index (Phi) is 5.44. The van der Waals surface area contributed by atoms with Crippen molar-refractivity contribution in [2.45, 2.75) is 6.42 Å². The summed E-state index contributed by atoms with van der Waals surface area (Å²) in [5.41, 5.74) is 0.146. The molecule has 1 aliphatic rings. The molecule has 2 rings (SSSR count). The molecule has 0 aliphatic carbocycles. The summed E-state index contributed by atoms with van der Waals surface area (Å²) in [5, 5.41) is 10.6. The van der Waals surface area contributed by atoms with Crippen LogP contribution < -0.4 is 5.32 Å². The molecule has 8 nitrogen and oxygen atoms in total. The number of carbonyl (C=O) groups excluding carboxylic acids is 2.